The number of nitrogens with zero attached hydrogens (tertiary/aromatic N) is 2. The topological polar surface area (TPSA) is 60.9 Å². The Labute approximate surface area is 153 Å². The fourth-order valence-electron chi connectivity index (χ4n) is 3.72. The van der Waals surface area contributed by atoms with Crippen LogP contribution in [-0.4, -0.2) is 52.8 Å². The van der Waals surface area contributed by atoms with E-state index >= 15 is 0 Å². The molecule has 1 N–H and O–H groups in total. The van der Waals surface area contributed by atoms with Crippen LogP contribution < -0.4 is 0 Å². The van der Waals surface area contributed by atoms with Crippen LogP contribution in [0, 0.1) is 11.7 Å². The van der Waals surface area contributed by atoms with Crippen LogP contribution in [0.1, 0.15) is 38.3 Å². The number of carbonyl (C=O) groups excluding carboxylic acids is 2. The van der Waals surface area contributed by atoms with Crippen molar-refractivity contribution < 1.29 is 19.1 Å². The molecule has 1 fully saturated rings. The quantitative estimate of drug-likeness (QED) is 0.847. The number of carbonyl (C=O) groups is 2. The minimum atomic E-state index is -0.874. The van der Waals surface area contributed by atoms with Gasteiger partial charge in [0.2, 0.25) is 0 Å². The zero-order valence-corrected chi connectivity index (χ0v) is 15.2. The van der Waals surface area contributed by atoms with Gasteiger partial charge in [-0.2, -0.15) is 0 Å². The molecule has 5 nitrogen and oxygen atoms in total. The first-order valence-electron chi connectivity index (χ1n) is 9.17. The van der Waals surface area contributed by atoms with E-state index in [-0.39, 0.29) is 16.9 Å². The molecule has 2 heterocycles. The maximum Gasteiger partial charge on any atom is 0.290 e. The number of likely N-dealkylation sites (tertiary alicyclic amines) is 1. The summed E-state index contributed by atoms with van der Waals surface area (Å²) in [6, 6.07) is 5.25. The van der Waals surface area contributed by atoms with Gasteiger partial charge in [-0.25, -0.2) is 4.39 Å². The van der Waals surface area contributed by atoms with E-state index in [4.69, 9.17) is 0 Å². The Kier molecular flexibility index (Phi) is 5.41. The molecule has 26 heavy (non-hydrogen) atoms. The molecule has 0 saturated carbocycles. The highest BCUT2D eigenvalue weighted by Gasteiger charge is 2.44. The summed E-state index contributed by atoms with van der Waals surface area (Å²) in [5.74, 6) is -2.35. The van der Waals surface area contributed by atoms with Crippen molar-refractivity contribution in [3.63, 3.8) is 0 Å². The molecule has 0 aliphatic carbocycles. The summed E-state index contributed by atoms with van der Waals surface area (Å²) < 4.78 is 14.5. The van der Waals surface area contributed by atoms with E-state index in [0.717, 1.165) is 25.9 Å². The Morgan fingerprint density at radius 2 is 1.88 bits per heavy atom. The molecule has 0 aromatic heterocycles. The van der Waals surface area contributed by atoms with Gasteiger partial charge >= 0.3 is 0 Å². The van der Waals surface area contributed by atoms with Crippen molar-refractivity contribution in [1.82, 2.24) is 9.80 Å². The predicted octanol–water partition coefficient (Wildman–Crippen LogP) is 2.84. The number of aliphatic hydroxyl groups excluding tert-OH is 1. The molecule has 3 rings (SSSR count). The number of hydrogen-bond acceptors (Lipinski definition) is 4. The number of hydrogen-bond donors (Lipinski definition) is 1. The van der Waals surface area contributed by atoms with Crippen molar-refractivity contribution in [2.45, 2.75) is 32.7 Å². The fourth-order valence-corrected chi connectivity index (χ4v) is 3.72. The predicted molar refractivity (Wildman–Crippen MR) is 96.0 cm³/mol. The van der Waals surface area contributed by atoms with Gasteiger partial charge in [0.25, 0.3) is 5.91 Å². The van der Waals surface area contributed by atoms with E-state index in [2.05, 4.69) is 4.90 Å². The summed E-state index contributed by atoms with van der Waals surface area (Å²) >= 11 is 0. The highest BCUT2D eigenvalue weighted by Crippen LogP contribution is 2.39. The van der Waals surface area contributed by atoms with Crippen molar-refractivity contribution in [2.75, 3.05) is 26.2 Å². The van der Waals surface area contributed by atoms with Gasteiger partial charge in [0.1, 0.15) is 5.82 Å². The normalized spacial score (nSPS) is 21.3. The molecule has 0 radical (unpaired) electrons. The van der Waals surface area contributed by atoms with Gasteiger partial charge in [-0.1, -0.05) is 32.0 Å². The molecular weight excluding hydrogens is 335 g/mol. The highest BCUT2D eigenvalue weighted by molar-refractivity contribution is 6.09. The van der Waals surface area contributed by atoms with Crippen LogP contribution >= 0.6 is 0 Å². The zero-order valence-electron chi connectivity index (χ0n) is 15.2. The standard InChI is InChI=1S/C20H25FN2O3/c1-13(2)18(24)16-17(14-7-3-4-8-15(14)21)23(20(26)19(16)25)12-11-22-9-5-6-10-22/h3-4,7-8,13,17,25H,5-6,9-12H2,1-2H3. The average molecular weight is 360 g/mol. The molecule has 1 saturated heterocycles. The van der Waals surface area contributed by atoms with Gasteiger partial charge in [-0.05, 0) is 32.0 Å². The first-order chi connectivity index (χ1) is 12.4. The van der Waals surface area contributed by atoms with Crippen LogP contribution in [0.25, 0.3) is 0 Å². The summed E-state index contributed by atoms with van der Waals surface area (Å²) in [5.41, 5.74) is 0.256. The Bertz CT molecular complexity index is 738. The van der Waals surface area contributed by atoms with Crippen molar-refractivity contribution >= 4 is 11.7 Å². The average Bonchev–Trinajstić information content (AvgIpc) is 3.21. The minimum absolute atomic E-state index is 0.0107. The van der Waals surface area contributed by atoms with Gasteiger partial charge < -0.3 is 14.9 Å². The van der Waals surface area contributed by atoms with Gasteiger partial charge in [-0.15, -0.1) is 0 Å². The second kappa shape index (κ2) is 7.58. The smallest absolute Gasteiger partial charge is 0.290 e. The molecule has 1 aromatic carbocycles. The lowest BCUT2D eigenvalue weighted by atomic mass is 9.91. The van der Waals surface area contributed by atoms with Crippen molar-refractivity contribution in [3.05, 3.63) is 47.0 Å². The Hall–Kier alpha value is -2.21. The third-order valence-corrected chi connectivity index (χ3v) is 5.15. The van der Waals surface area contributed by atoms with Gasteiger partial charge in [0, 0.05) is 24.6 Å². The van der Waals surface area contributed by atoms with E-state index < -0.39 is 29.4 Å². The Morgan fingerprint density at radius 1 is 1.23 bits per heavy atom. The number of benzene rings is 1. The first-order valence-corrected chi connectivity index (χ1v) is 9.17. The van der Waals surface area contributed by atoms with Crippen LogP contribution in [0.4, 0.5) is 4.39 Å². The largest absolute Gasteiger partial charge is 0.503 e. The second-order valence-electron chi connectivity index (χ2n) is 7.25. The molecular formula is C20H25FN2O3. The summed E-state index contributed by atoms with van der Waals surface area (Å²) in [5, 5.41) is 10.4. The van der Waals surface area contributed by atoms with E-state index in [1.807, 2.05) is 0 Å². The van der Waals surface area contributed by atoms with Crippen molar-refractivity contribution in [2.24, 2.45) is 5.92 Å². The summed E-state index contributed by atoms with van der Waals surface area (Å²) in [4.78, 5) is 29.0. The van der Waals surface area contributed by atoms with Crippen LogP contribution in [0.15, 0.2) is 35.6 Å². The van der Waals surface area contributed by atoms with Crippen molar-refractivity contribution in [3.8, 4) is 0 Å². The van der Waals surface area contributed by atoms with Crippen LogP contribution in [-0.2, 0) is 9.59 Å². The molecule has 0 spiro atoms. The number of halogens is 1. The van der Waals surface area contributed by atoms with Crippen molar-refractivity contribution in [1.29, 1.82) is 0 Å². The lowest BCUT2D eigenvalue weighted by molar-refractivity contribution is -0.129. The van der Waals surface area contributed by atoms with Gasteiger partial charge in [-0.3, -0.25) is 9.59 Å². The fraction of sp³-hybridized carbons (Fsp3) is 0.500. The van der Waals surface area contributed by atoms with E-state index in [0.29, 0.717) is 13.1 Å². The molecule has 0 bridgehead atoms. The Balaban J connectivity index is 1.96. The Morgan fingerprint density at radius 3 is 2.50 bits per heavy atom. The zero-order chi connectivity index (χ0) is 18.8. The SMILES string of the molecule is CC(C)C(=O)C1=C(O)C(=O)N(CCN2CCCC2)C1c1ccccc1F. The molecule has 1 amide bonds. The third-order valence-electron chi connectivity index (χ3n) is 5.15. The van der Waals surface area contributed by atoms with Gasteiger partial charge in [0.05, 0.1) is 11.6 Å². The molecule has 1 unspecified atom stereocenters. The number of rotatable bonds is 6. The number of aliphatic hydroxyl groups is 1. The monoisotopic (exact) mass is 360 g/mol. The van der Waals surface area contributed by atoms with Gasteiger partial charge in [0.15, 0.2) is 11.5 Å². The van der Waals surface area contributed by atoms with Crippen LogP contribution in [0.3, 0.4) is 0 Å². The first kappa shape index (κ1) is 18.6. The molecule has 1 atom stereocenters. The molecule has 1 aromatic rings. The summed E-state index contributed by atoms with van der Waals surface area (Å²) in [7, 11) is 0. The highest BCUT2D eigenvalue weighted by atomic mass is 19.1. The van der Waals surface area contributed by atoms with E-state index in [1.165, 1.54) is 11.0 Å². The second-order valence-corrected chi connectivity index (χ2v) is 7.25. The molecule has 140 valence electrons. The lowest BCUT2D eigenvalue weighted by Crippen LogP contribution is -2.38. The maximum atomic E-state index is 14.5. The molecule has 2 aliphatic rings. The third kappa shape index (κ3) is 3.38. The summed E-state index contributed by atoms with van der Waals surface area (Å²) in [6.45, 7) is 6.36. The minimum Gasteiger partial charge on any atom is -0.503 e. The molecule has 6 heteroatoms. The summed E-state index contributed by atoms with van der Waals surface area (Å²) in [6.07, 6.45) is 2.26. The van der Waals surface area contributed by atoms with E-state index in [9.17, 15) is 19.1 Å². The lowest BCUT2D eigenvalue weighted by Gasteiger charge is -2.29. The number of ketones is 1. The van der Waals surface area contributed by atoms with Crippen LogP contribution in [0.2, 0.25) is 0 Å². The van der Waals surface area contributed by atoms with Crippen LogP contribution in [0.5, 0.6) is 0 Å². The number of Topliss-reactive ketones (excluding diaryl/α,β-unsaturated/α-hetero) is 1. The maximum absolute atomic E-state index is 14.5. The number of amides is 1. The van der Waals surface area contributed by atoms with E-state index in [1.54, 1.807) is 32.0 Å². The molecule has 2 aliphatic heterocycles.